The lowest BCUT2D eigenvalue weighted by Gasteiger charge is -2.26. The molecule has 2 aromatic rings. The van der Waals surface area contributed by atoms with Gasteiger partial charge in [-0.1, -0.05) is 24.2 Å². The highest BCUT2D eigenvalue weighted by atomic mass is 32.2. The van der Waals surface area contributed by atoms with Crippen molar-refractivity contribution in [3.05, 3.63) is 35.5 Å². The number of rotatable bonds is 6. The molecule has 1 fully saturated rings. The normalized spacial score (nSPS) is 20.1. The van der Waals surface area contributed by atoms with Crippen LogP contribution in [-0.4, -0.2) is 31.3 Å². The molecule has 1 saturated carbocycles. The number of nitrogens with one attached hydrogen (secondary N) is 1. The van der Waals surface area contributed by atoms with Crippen molar-refractivity contribution in [1.82, 2.24) is 10.5 Å². The molecule has 0 atom stereocenters. The van der Waals surface area contributed by atoms with Crippen LogP contribution >= 0.6 is 0 Å². The zero-order valence-corrected chi connectivity index (χ0v) is 17.5. The van der Waals surface area contributed by atoms with Crippen LogP contribution in [0.5, 0.6) is 0 Å². The van der Waals surface area contributed by atoms with Gasteiger partial charge in [0, 0.05) is 24.1 Å². The second-order valence-electron chi connectivity index (χ2n) is 7.91. The lowest BCUT2D eigenvalue weighted by atomic mass is 9.87. The molecule has 152 valence electrons. The van der Waals surface area contributed by atoms with Crippen LogP contribution in [0.25, 0.3) is 11.3 Å². The molecule has 0 radical (unpaired) electrons. The summed E-state index contributed by atoms with van der Waals surface area (Å²) in [5.74, 6) is 0.833. The molecular weight excluding hydrogens is 376 g/mol. The van der Waals surface area contributed by atoms with E-state index in [4.69, 9.17) is 4.52 Å². The summed E-state index contributed by atoms with van der Waals surface area (Å²) in [5, 5.41) is 6.84. The van der Waals surface area contributed by atoms with Crippen LogP contribution in [0, 0.1) is 19.8 Å². The van der Waals surface area contributed by atoms with Gasteiger partial charge in [0.05, 0.1) is 16.3 Å². The monoisotopic (exact) mass is 404 g/mol. The smallest absolute Gasteiger partial charge is 0.221 e. The van der Waals surface area contributed by atoms with Crippen LogP contribution in [0.4, 0.5) is 0 Å². The molecule has 0 aliphatic heterocycles. The zero-order valence-electron chi connectivity index (χ0n) is 16.7. The molecule has 1 aliphatic carbocycles. The predicted octanol–water partition coefficient (Wildman–Crippen LogP) is 3.82. The first-order valence-electron chi connectivity index (χ1n) is 9.81. The van der Waals surface area contributed by atoms with E-state index in [1.165, 1.54) is 0 Å². The minimum absolute atomic E-state index is 0.0283. The minimum Gasteiger partial charge on any atom is -0.356 e. The number of hydrogen-bond donors (Lipinski definition) is 1. The van der Waals surface area contributed by atoms with Crippen molar-refractivity contribution in [2.75, 3.05) is 5.75 Å². The van der Waals surface area contributed by atoms with Gasteiger partial charge in [-0.25, -0.2) is 8.42 Å². The Labute approximate surface area is 166 Å². The van der Waals surface area contributed by atoms with Crippen molar-refractivity contribution in [3.63, 3.8) is 0 Å². The van der Waals surface area contributed by atoms with E-state index in [1.807, 2.05) is 13.0 Å². The second-order valence-corrected chi connectivity index (χ2v) is 9.98. The number of aryl methyl sites for hydroxylation is 2. The van der Waals surface area contributed by atoms with E-state index in [0.29, 0.717) is 22.8 Å². The predicted molar refractivity (Wildman–Crippen MR) is 108 cm³/mol. The fraction of sp³-hybridized carbons (Fsp3) is 0.524. The maximum atomic E-state index is 12.9. The van der Waals surface area contributed by atoms with Crippen LogP contribution in [-0.2, 0) is 14.6 Å². The second kappa shape index (κ2) is 8.47. The first-order chi connectivity index (χ1) is 13.2. The van der Waals surface area contributed by atoms with Crippen LogP contribution in [0.1, 0.15) is 50.3 Å². The summed E-state index contributed by atoms with van der Waals surface area (Å²) in [7, 11) is -3.58. The number of hydrogen-bond acceptors (Lipinski definition) is 5. The van der Waals surface area contributed by atoms with Gasteiger partial charge in [-0.3, -0.25) is 4.79 Å². The summed E-state index contributed by atoms with van der Waals surface area (Å²) in [6, 6.07) is 7.10. The third-order valence-corrected chi connectivity index (χ3v) is 7.27. The SMILES string of the molecule is Cc1cc(-c2ccc(C)c(S(=O)(=O)CCC(=O)NC3CCC(C)CC3)c2)on1. The molecule has 7 heteroatoms. The number of aromatic nitrogens is 1. The van der Waals surface area contributed by atoms with Gasteiger partial charge in [-0.15, -0.1) is 0 Å². The van der Waals surface area contributed by atoms with Gasteiger partial charge in [0.25, 0.3) is 0 Å². The van der Waals surface area contributed by atoms with E-state index < -0.39 is 9.84 Å². The Balaban J connectivity index is 1.66. The Bertz CT molecular complexity index is 941. The first-order valence-corrected chi connectivity index (χ1v) is 11.5. The van der Waals surface area contributed by atoms with Crippen LogP contribution in [0.15, 0.2) is 33.7 Å². The fourth-order valence-corrected chi connectivity index (χ4v) is 5.17. The van der Waals surface area contributed by atoms with Crippen molar-refractivity contribution in [3.8, 4) is 11.3 Å². The van der Waals surface area contributed by atoms with Gasteiger partial charge in [0.1, 0.15) is 0 Å². The molecule has 1 aromatic heterocycles. The van der Waals surface area contributed by atoms with E-state index in [-0.39, 0.29) is 29.0 Å². The molecule has 0 saturated heterocycles. The van der Waals surface area contributed by atoms with Gasteiger partial charge >= 0.3 is 0 Å². The lowest BCUT2D eigenvalue weighted by Crippen LogP contribution is -2.38. The number of carbonyl (C=O) groups excluding carboxylic acids is 1. The summed E-state index contributed by atoms with van der Waals surface area (Å²) in [6.45, 7) is 5.79. The van der Waals surface area contributed by atoms with Crippen molar-refractivity contribution < 1.29 is 17.7 Å². The quantitative estimate of drug-likeness (QED) is 0.791. The molecule has 28 heavy (non-hydrogen) atoms. The first kappa shape index (κ1) is 20.6. The van der Waals surface area contributed by atoms with E-state index in [2.05, 4.69) is 17.4 Å². The molecule has 1 aromatic carbocycles. The Hall–Kier alpha value is -2.15. The standard InChI is InChI=1S/C21H28N2O4S/c1-14-4-8-18(9-5-14)22-21(24)10-11-28(25,26)20-13-17(7-6-15(20)2)19-12-16(3)23-27-19/h6-7,12-14,18H,4-5,8-11H2,1-3H3,(H,22,24). The lowest BCUT2D eigenvalue weighted by molar-refractivity contribution is -0.121. The van der Waals surface area contributed by atoms with Crippen LogP contribution in [0.2, 0.25) is 0 Å². The number of benzene rings is 1. The maximum Gasteiger partial charge on any atom is 0.221 e. The van der Waals surface area contributed by atoms with Gasteiger partial charge < -0.3 is 9.84 Å². The van der Waals surface area contributed by atoms with E-state index in [9.17, 15) is 13.2 Å². The largest absolute Gasteiger partial charge is 0.356 e. The molecule has 1 amide bonds. The third kappa shape index (κ3) is 5.01. The number of carbonyl (C=O) groups is 1. The van der Waals surface area contributed by atoms with Gasteiger partial charge in [-0.2, -0.15) is 0 Å². The van der Waals surface area contributed by atoms with Crippen molar-refractivity contribution >= 4 is 15.7 Å². The highest BCUT2D eigenvalue weighted by Gasteiger charge is 2.23. The highest BCUT2D eigenvalue weighted by molar-refractivity contribution is 7.91. The van der Waals surface area contributed by atoms with Gasteiger partial charge in [0.2, 0.25) is 5.91 Å². The highest BCUT2D eigenvalue weighted by Crippen LogP contribution is 2.27. The number of sulfone groups is 1. The van der Waals surface area contributed by atoms with Crippen molar-refractivity contribution in [2.24, 2.45) is 5.92 Å². The topological polar surface area (TPSA) is 89.3 Å². The van der Waals surface area contributed by atoms with E-state index in [0.717, 1.165) is 31.4 Å². The zero-order chi connectivity index (χ0) is 20.3. The van der Waals surface area contributed by atoms with Crippen molar-refractivity contribution in [2.45, 2.75) is 63.8 Å². The number of nitrogens with zero attached hydrogens (tertiary/aromatic N) is 1. The Morgan fingerprint density at radius 1 is 1.18 bits per heavy atom. The summed E-state index contributed by atoms with van der Waals surface area (Å²) >= 11 is 0. The summed E-state index contributed by atoms with van der Waals surface area (Å²) < 4.78 is 30.9. The summed E-state index contributed by atoms with van der Waals surface area (Å²) in [6.07, 6.45) is 4.13. The molecule has 1 aliphatic rings. The van der Waals surface area contributed by atoms with Gasteiger partial charge in [-0.05, 0) is 57.1 Å². The molecule has 0 unspecified atom stereocenters. The molecule has 6 nitrogen and oxygen atoms in total. The molecule has 3 rings (SSSR count). The fourth-order valence-electron chi connectivity index (χ4n) is 3.63. The van der Waals surface area contributed by atoms with Crippen LogP contribution < -0.4 is 5.32 Å². The summed E-state index contributed by atoms with van der Waals surface area (Å²) in [4.78, 5) is 12.5. The molecule has 1 N–H and O–H groups in total. The van der Waals surface area contributed by atoms with E-state index >= 15 is 0 Å². The molecule has 1 heterocycles. The molecule has 0 spiro atoms. The average Bonchev–Trinajstić information content (AvgIpc) is 3.09. The molecule has 0 bridgehead atoms. The van der Waals surface area contributed by atoms with E-state index in [1.54, 1.807) is 25.1 Å². The Morgan fingerprint density at radius 3 is 2.54 bits per heavy atom. The molecular formula is C21H28N2O4S. The third-order valence-electron chi connectivity index (χ3n) is 5.41. The maximum absolute atomic E-state index is 12.9. The minimum atomic E-state index is -3.58. The average molecular weight is 405 g/mol. The Morgan fingerprint density at radius 2 is 1.89 bits per heavy atom. The summed E-state index contributed by atoms with van der Waals surface area (Å²) in [5.41, 5.74) is 2.04. The Kier molecular flexibility index (Phi) is 6.23. The van der Waals surface area contributed by atoms with Crippen molar-refractivity contribution in [1.29, 1.82) is 0 Å². The number of amides is 1. The van der Waals surface area contributed by atoms with Gasteiger partial charge in [0.15, 0.2) is 15.6 Å². The van der Waals surface area contributed by atoms with Crippen LogP contribution in [0.3, 0.4) is 0 Å².